The van der Waals surface area contributed by atoms with E-state index in [1.165, 1.54) is 4.90 Å². The van der Waals surface area contributed by atoms with Gasteiger partial charge >= 0.3 is 6.03 Å². The van der Waals surface area contributed by atoms with Crippen LogP contribution in [-0.2, 0) is 15.1 Å². The highest BCUT2D eigenvalue weighted by molar-refractivity contribution is 9.10. The molecular weight excluding hydrogens is 448 g/mol. The molecule has 1 unspecified atom stereocenters. The van der Waals surface area contributed by atoms with E-state index >= 15 is 0 Å². The number of urea groups is 1. The Labute approximate surface area is 183 Å². The molecule has 1 saturated heterocycles. The van der Waals surface area contributed by atoms with Crippen molar-refractivity contribution in [3.63, 3.8) is 0 Å². The predicted molar refractivity (Wildman–Crippen MR) is 116 cm³/mol. The minimum absolute atomic E-state index is 0.134. The summed E-state index contributed by atoms with van der Waals surface area (Å²) in [5.74, 6) is -0.931. The second kappa shape index (κ2) is 8.67. The third-order valence-corrected chi connectivity index (χ3v) is 5.56. The van der Waals surface area contributed by atoms with E-state index < -0.39 is 29.9 Å². The Morgan fingerprint density at radius 3 is 2.57 bits per heavy atom. The minimum atomic E-state index is -1.26. The predicted octanol–water partition coefficient (Wildman–Crippen LogP) is 3.47. The lowest BCUT2D eigenvalue weighted by Gasteiger charge is -2.25. The summed E-state index contributed by atoms with van der Waals surface area (Å²) in [5, 5.41) is 11.7. The number of halogens is 1. The van der Waals surface area contributed by atoms with Crippen molar-refractivity contribution in [2.24, 2.45) is 0 Å². The lowest BCUT2D eigenvalue weighted by molar-refractivity contribution is -0.134. The first-order valence-corrected chi connectivity index (χ1v) is 10.2. The number of carbonyl (C=O) groups excluding carboxylic acids is 3. The van der Waals surface area contributed by atoms with E-state index in [2.05, 4.69) is 21.2 Å². The van der Waals surface area contributed by atoms with Crippen LogP contribution in [0.3, 0.4) is 0 Å². The fourth-order valence-corrected chi connectivity index (χ4v) is 3.74. The van der Waals surface area contributed by atoms with Crippen LogP contribution in [-0.4, -0.2) is 35.8 Å². The summed E-state index contributed by atoms with van der Waals surface area (Å²) >= 11 is 3.37. The standard InChI is InChI=1S/C22H21BrN4O3/c1-15-7-9-18(10-8-15)26(12-4-11-24)19(28)14-27-20(29)22(2,25-21(27)30)16-5-3-6-17(23)13-16/h3,5-10,13H,4,12,14H2,1-2H3,(H,25,30). The second-order valence-electron chi connectivity index (χ2n) is 7.25. The smallest absolute Gasteiger partial charge is 0.319 e. The number of nitriles is 1. The van der Waals surface area contributed by atoms with E-state index in [9.17, 15) is 14.4 Å². The number of nitrogens with zero attached hydrogens (tertiary/aromatic N) is 3. The van der Waals surface area contributed by atoms with Gasteiger partial charge in [0, 0.05) is 16.7 Å². The topological polar surface area (TPSA) is 93.5 Å². The molecule has 0 aliphatic carbocycles. The van der Waals surface area contributed by atoms with Gasteiger partial charge in [-0.25, -0.2) is 4.79 Å². The Morgan fingerprint density at radius 1 is 1.23 bits per heavy atom. The number of amides is 4. The van der Waals surface area contributed by atoms with Gasteiger partial charge in [0.1, 0.15) is 12.1 Å². The zero-order valence-corrected chi connectivity index (χ0v) is 18.3. The van der Waals surface area contributed by atoms with Gasteiger partial charge in [-0.2, -0.15) is 5.26 Å². The number of hydrogen-bond acceptors (Lipinski definition) is 4. The Morgan fingerprint density at radius 2 is 1.93 bits per heavy atom. The van der Waals surface area contributed by atoms with Crippen LogP contribution in [0.25, 0.3) is 0 Å². The fraction of sp³-hybridized carbons (Fsp3) is 0.273. The molecule has 1 heterocycles. The van der Waals surface area contributed by atoms with E-state index in [1.54, 1.807) is 37.3 Å². The monoisotopic (exact) mass is 468 g/mol. The SMILES string of the molecule is Cc1ccc(N(CCC#N)C(=O)CN2C(=O)NC(C)(c3cccc(Br)c3)C2=O)cc1. The quantitative estimate of drug-likeness (QED) is 0.656. The molecule has 0 aromatic heterocycles. The number of carbonyl (C=O) groups is 3. The van der Waals surface area contributed by atoms with Crippen LogP contribution in [0.1, 0.15) is 24.5 Å². The highest BCUT2D eigenvalue weighted by Crippen LogP contribution is 2.30. The van der Waals surface area contributed by atoms with Crippen LogP contribution in [0.4, 0.5) is 10.5 Å². The number of anilines is 1. The van der Waals surface area contributed by atoms with Crippen LogP contribution < -0.4 is 10.2 Å². The van der Waals surface area contributed by atoms with Crippen LogP contribution in [0.2, 0.25) is 0 Å². The number of nitrogens with one attached hydrogen (secondary N) is 1. The van der Waals surface area contributed by atoms with Crippen LogP contribution in [0.15, 0.2) is 53.0 Å². The Bertz CT molecular complexity index is 1030. The summed E-state index contributed by atoms with van der Waals surface area (Å²) in [6, 6.07) is 15.8. The van der Waals surface area contributed by atoms with E-state index in [0.29, 0.717) is 11.3 Å². The van der Waals surface area contributed by atoms with Crippen LogP contribution in [0.5, 0.6) is 0 Å². The maximum atomic E-state index is 13.1. The molecule has 4 amide bonds. The van der Waals surface area contributed by atoms with Gasteiger partial charge in [0.2, 0.25) is 5.91 Å². The lowest BCUT2D eigenvalue weighted by atomic mass is 9.92. The molecule has 7 nitrogen and oxygen atoms in total. The normalized spacial score (nSPS) is 18.1. The average Bonchev–Trinajstić information content (AvgIpc) is 2.93. The zero-order chi connectivity index (χ0) is 21.9. The third-order valence-electron chi connectivity index (χ3n) is 5.06. The minimum Gasteiger partial charge on any atom is -0.319 e. The van der Waals surface area contributed by atoms with Crippen molar-refractivity contribution in [2.45, 2.75) is 25.8 Å². The molecule has 0 saturated carbocycles. The largest absolute Gasteiger partial charge is 0.325 e. The number of rotatable bonds is 6. The first-order valence-electron chi connectivity index (χ1n) is 9.40. The summed E-state index contributed by atoms with van der Waals surface area (Å²) in [4.78, 5) is 41.1. The molecule has 1 atom stereocenters. The van der Waals surface area contributed by atoms with Crippen molar-refractivity contribution in [2.75, 3.05) is 18.0 Å². The second-order valence-corrected chi connectivity index (χ2v) is 8.16. The number of benzene rings is 2. The summed E-state index contributed by atoms with van der Waals surface area (Å²) in [6.07, 6.45) is 0.134. The first kappa shape index (κ1) is 21.5. The van der Waals surface area contributed by atoms with Crippen molar-refractivity contribution in [1.82, 2.24) is 10.2 Å². The van der Waals surface area contributed by atoms with Crippen molar-refractivity contribution in [1.29, 1.82) is 5.26 Å². The summed E-state index contributed by atoms with van der Waals surface area (Å²) in [7, 11) is 0. The van der Waals surface area contributed by atoms with Gasteiger partial charge in [-0.3, -0.25) is 14.5 Å². The van der Waals surface area contributed by atoms with Gasteiger partial charge < -0.3 is 10.2 Å². The highest BCUT2D eigenvalue weighted by atomic mass is 79.9. The van der Waals surface area contributed by atoms with Gasteiger partial charge in [0.05, 0.1) is 12.5 Å². The molecule has 0 radical (unpaired) electrons. The number of aryl methyl sites for hydroxylation is 1. The Balaban J connectivity index is 1.83. The molecule has 30 heavy (non-hydrogen) atoms. The van der Waals surface area contributed by atoms with E-state index in [0.717, 1.165) is 14.9 Å². The van der Waals surface area contributed by atoms with E-state index in [1.807, 2.05) is 31.2 Å². The van der Waals surface area contributed by atoms with Gasteiger partial charge in [0.25, 0.3) is 5.91 Å². The third kappa shape index (κ3) is 4.21. The number of hydrogen-bond donors (Lipinski definition) is 1. The van der Waals surface area contributed by atoms with Crippen LogP contribution in [0, 0.1) is 18.3 Å². The summed E-state index contributed by atoms with van der Waals surface area (Å²) in [6.45, 7) is 3.31. The molecule has 2 aromatic carbocycles. The Hall–Kier alpha value is -3.18. The van der Waals surface area contributed by atoms with Gasteiger partial charge in [-0.1, -0.05) is 45.8 Å². The fourth-order valence-electron chi connectivity index (χ4n) is 3.34. The molecule has 154 valence electrons. The van der Waals surface area contributed by atoms with E-state index in [-0.39, 0.29) is 13.0 Å². The highest BCUT2D eigenvalue weighted by Gasteiger charge is 2.49. The molecular formula is C22H21BrN4O3. The maximum Gasteiger partial charge on any atom is 0.325 e. The molecule has 1 fully saturated rings. The molecule has 1 aliphatic heterocycles. The molecule has 2 aromatic rings. The van der Waals surface area contributed by atoms with Gasteiger partial charge in [0.15, 0.2) is 0 Å². The summed E-state index contributed by atoms with van der Waals surface area (Å²) in [5.41, 5.74) is 1.00. The molecule has 3 rings (SSSR count). The van der Waals surface area contributed by atoms with Crippen molar-refractivity contribution >= 4 is 39.5 Å². The van der Waals surface area contributed by atoms with E-state index in [4.69, 9.17) is 5.26 Å². The van der Waals surface area contributed by atoms with Crippen molar-refractivity contribution in [3.05, 3.63) is 64.1 Å². The molecule has 0 bridgehead atoms. The Kier molecular flexibility index (Phi) is 6.22. The first-order chi connectivity index (χ1) is 14.3. The molecule has 1 N–H and O–H groups in total. The number of imide groups is 1. The average molecular weight is 469 g/mol. The maximum absolute atomic E-state index is 13.1. The van der Waals surface area contributed by atoms with Gasteiger partial charge in [-0.15, -0.1) is 0 Å². The lowest BCUT2D eigenvalue weighted by Crippen LogP contribution is -2.45. The van der Waals surface area contributed by atoms with Crippen molar-refractivity contribution < 1.29 is 14.4 Å². The summed E-state index contributed by atoms with van der Waals surface area (Å²) < 4.78 is 0.778. The van der Waals surface area contributed by atoms with Gasteiger partial charge in [-0.05, 0) is 43.7 Å². The van der Waals surface area contributed by atoms with Crippen molar-refractivity contribution in [3.8, 4) is 6.07 Å². The molecule has 0 spiro atoms. The zero-order valence-electron chi connectivity index (χ0n) is 16.7. The van der Waals surface area contributed by atoms with Crippen LogP contribution >= 0.6 is 15.9 Å². The molecule has 8 heteroatoms. The molecule has 1 aliphatic rings.